The highest BCUT2D eigenvalue weighted by atomic mass is 35.5. The molecule has 2 rings (SSSR count). The fourth-order valence-electron chi connectivity index (χ4n) is 1.89. The topological polar surface area (TPSA) is 65.7 Å². The van der Waals surface area contributed by atoms with Gasteiger partial charge in [0.15, 0.2) is 6.61 Å². The quantitative estimate of drug-likeness (QED) is 0.812. The molecule has 0 unspecified atom stereocenters. The van der Waals surface area contributed by atoms with Gasteiger partial charge in [-0.05, 0) is 32.9 Å². The first-order valence-corrected chi connectivity index (χ1v) is 6.81. The Labute approximate surface area is 126 Å². The van der Waals surface area contributed by atoms with Gasteiger partial charge < -0.3 is 13.9 Å². The first-order valence-electron chi connectivity index (χ1n) is 6.43. The van der Waals surface area contributed by atoms with Crippen LogP contribution in [-0.2, 0) is 9.53 Å². The van der Waals surface area contributed by atoms with Crippen LogP contribution in [0.25, 0.3) is 11.0 Å². The summed E-state index contributed by atoms with van der Waals surface area (Å²) in [6.45, 7) is 5.06. The van der Waals surface area contributed by atoms with Gasteiger partial charge in [0.1, 0.15) is 22.6 Å². The largest absolute Gasteiger partial charge is 0.481 e. The van der Waals surface area contributed by atoms with Gasteiger partial charge in [0.2, 0.25) is 5.43 Å². The lowest BCUT2D eigenvalue weighted by Gasteiger charge is -2.11. The van der Waals surface area contributed by atoms with Gasteiger partial charge in [-0.2, -0.15) is 0 Å². The van der Waals surface area contributed by atoms with Crippen molar-refractivity contribution in [2.24, 2.45) is 0 Å². The molecule has 5 nitrogen and oxygen atoms in total. The van der Waals surface area contributed by atoms with Crippen LogP contribution in [0.5, 0.6) is 5.75 Å². The average Bonchev–Trinajstić information content (AvgIpc) is 2.41. The Bertz CT molecular complexity index is 733. The van der Waals surface area contributed by atoms with Crippen molar-refractivity contribution in [2.45, 2.75) is 26.9 Å². The molecule has 2 aromatic rings. The molecule has 0 radical (unpaired) electrons. The molecule has 0 saturated heterocycles. The van der Waals surface area contributed by atoms with Crippen molar-refractivity contribution >= 4 is 28.5 Å². The lowest BCUT2D eigenvalue weighted by molar-refractivity contribution is -0.149. The summed E-state index contributed by atoms with van der Waals surface area (Å²) in [5, 5.41) is 0.396. The van der Waals surface area contributed by atoms with Crippen LogP contribution < -0.4 is 10.2 Å². The van der Waals surface area contributed by atoms with E-state index in [1.165, 1.54) is 6.26 Å². The smallest absolute Gasteiger partial charge is 0.344 e. The third-order valence-corrected chi connectivity index (χ3v) is 3.07. The van der Waals surface area contributed by atoms with Crippen molar-refractivity contribution in [2.75, 3.05) is 6.61 Å². The number of hydrogen-bond donors (Lipinski definition) is 0. The minimum atomic E-state index is -0.456. The van der Waals surface area contributed by atoms with Crippen molar-refractivity contribution in [1.82, 2.24) is 0 Å². The zero-order valence-corrected chi connectivity index (χ0v) is 12.7. The number of aryl methyl sites for hydroxylation is 1. The van der Waals surface area contributed by atoms with E-state index in [1.54, 1.807) is 32.9 Å². The molecule has 0 atom stereocenters. The van der Waals surface area contributed by atoms with Crippen LogP contribution in [0.4, 0.5) is 0 Å². The molecule has 0 fully saturated rings. The molecule has 0 aliphatic carbocycles. The maximum atomic E-state index is 11.9. The van der Waals surface area contributed by atoms with E-state index in [0.29, 0.717) is 22.3 Å². The summed E-state index contributed by atoms with van der Waals surface area (Å²) in [4.78, 5) is 23.3. The summed E-state index contributed by atoms with van der Waals surface area (Å²) in [5.74, 6) is -0.00395. The maximum Gasteiger partial charge on any atom is 0.344 e. The molecule has 112 valence electrons. The summed E-state index contributed by atoms with van der Waals surface area (Å²) in [5.41, 5.74) is 0.713. The number of esters is 1. The predicted octanol–water partition coefficient (Wildman–Crippen LogP) is 3.09. The minimum Gasteiger partial charge on any atom is -0.481 e. The van der Waals surface area contributed by atoms with Crippen molar-refractivity contribution in [3.05, 3.63) is 39.2 Å². The second-order valence-electron chi connectivity index (χ2n) is 4.81. The Morgan fingerprint density at radius 2 is 2.10 bits per heavy atom. The molecule has 0 saturated carbocycles. The summed E-state index contributed by atoms with van der Waals surface area (Å²) in [6.07, 6.45) is 0.995. The number of ether oxygens (including phenoxy) is 2. The third-order valence-electron chi connectivity index (χ3n) is 2.81. The van der Waals surface area contributed by atoms with Gasteiger partial charge >= 0.3 is 5.97 Å². The minimum absolute atomic E-state index is 0.0241. The predicted molar refractivity (Wildman–Crippen MR) is 79.0 cm³/mol. The number of carbonyl (C=O) groups is 1. The Hall–Kier alpha value is -2.01. The molecule has 21 heavy (non-hydrogen) atoms. The highest BCUT2D eigenvalue weighted by molar-refractivity contribution is 6.30. The lowest BCUT2D eigenvalue weighted by atomic mass is 10.1. The molecule has 1 aromatic carbocycles. The van der Waals surface area contributed by atoms with E-state index in [9.17, 15) is 9.59 Å². The Balaban J connectivity index is 2.27. The fraction of sp³-hybridized carbons (Fsp3) is 0.333. The molecule has 6 heteroatoms. The molecule has 1 heterocycles. The van der Waals surface area contributed by atoms with Gasteiger partial charge in [0.05, 0.1) is 11.5 Å². The van der Waals surface area contributed by atoms with Crippen molar-refractivity contribution < 1.29 is 18.7 Å². The summed E-state index contributed by atoms with van der Waals surface area (Å²) in [6, 6.07) is 3.16. The Kier molecular flexibility index (Phi) is 4.53. The van der Waals surface area contributed by atoms with E-state index in [0.717, 1.165) is 0 Å². The molecular weight excluding hydrogens is 296 g/mol. The zero-order valence-electron chi connectivity index (χ0n) is 11.9. The zero-order chi connectivity index (χ0) is 15.6. The van der Waals surface area contributed by atoms with Crippen LogP contribution in [0.1, 0.15) is 19.4 Å². The molecule has 0 bridgehead atoms. The van der Waals surface area contributed by atoms with E-state index in [4.69, 9.17) is 25.5 Å². The van der Waals surface area contributed by atoms with Crippen LogP contribution in [-0.4, -0.2) is 18.7 Å². The number of carbonyl (C=O) groups excluding carboxylic acids is 1. The van der Waals surface area contributed by atoms with Gasteiger partial charge in [-0.3, -0.25) is 4.79 Å². The number of benzene rings is 1. The fourth-order valence-corrected chi connectivity index (χ4v) is 2.03. The third kappa shape index (κ3) is 3.36. The second kappa shape index (κ2) is 6.18. The number of fused-ring (bicyclic) bond motifs is 1. The van der Waals surface area contributed by atoms with Gasteiger partial charge in [-0.25, -0.2) is 4.79 Å². The standard InChI is InChI=1S/C15H15ClO5/c1-8(2)21-13(17)7-19-12-5-4-10-14(18)11(16)6-20-15(10)9(12)3/h4-6,8H,7H2,1-3H3. The van der Waals surface area contributed by atoms with Crippen molar-refractivity contribution in [1.29, 1.82) is 0 Å². The molecule has 0 spiro atoms. The van der Waals surface area contributed by atoms with Crippen LogP contribution >= 0.6 is 11.6 Å². The molecular formula is C15H15ClO5. The van der Waals surface area contributed by atoms with E-state index in [2.05, 4.69) is 0 Å². The van der Waals surface area contributed by atoms with Gasteiger partial charge in [0, 0.05) is 5.56 Å². The van der Waals surface area contributed by atoms with Crippen LogP contribution in [0.15, 0.2) is 27.6 Å². The number of hydrogen-bond acceptors (Lipinski definition) is 5. The summed E-state index contributed by atoms with van der Waals surface area (Å²) < 4.78 is 15.7. The highest BCUT2D eigenvalue weighted by Crippen LogP contribution is 2.26. The van der Waals surface area contributed by atoms with Crippen LogP contribution in [0.3, 0.4) is 0 Å². The van der Waals surface area contributed by atoms with Gasteiger partial charge in [0.25, 0.3) is 0 Å². The van der Waals surface area contributed by atoms with Crippen molar-refractivity contribution in [3.63, 3.8) is 0 Å². The van der Waals surface area contributed by atoms with Crippen molar-refractivity contribution in [3.8, 4) is 5.75 Å². The number of halogens is 1. The summed E-state index contributed by atoms with van der Waals surface area (Å²) in [7, 11) is 0. The monoisotopic (exact) mass is 310 g/mol. The highest BCUT2D eigenvalue weighted by Gasteiger charge is 2.13. The summed E-state index contributed by atoms with van der Waals surface area (Å²) >= 11 is 5.73. The Morgan fingerprint density at radius 3 is 2.76 bits per heavy atom. The Morgan fingerprint density at radius 1 is 1.38 bits per heavy atom. The lowest BCUT2D eigenvalue weighted by Crippen LogP contribution is -2.19. The van der Waals surface area contributed by atoms with Crippen LogP contribution in [0.2, 0.25) is 5.02 Å². The van der Waals surface area contributed by atoms with E-state index in [1.807, 2.05) is 0 Å². The normalized spacial score (nSPS) is 10.9. The number of rotatable bonds is 4. The van der Waals surface area contributed by atoms with Crippen LogP contribution in [0, 0.1) is 6.92 Å². The second-order valence-corrected chi connectivity index (χ2v) is 5.21. The van der Waals surface area contributed by atoms with E-state index >= 15 is 0 Å². The molecule has 0 N–H and O–H groups in total. The SMILES string of the molecule is Cc1c(OCC(=O)OC(C)C)ccc2c(=O)c(Cl)coc12. The van der Waals surface area contributed by atoms with E-state index < -0.39 is 5.97 Å². The molecule has 0 amide bonds. The molecule has 0 aliphatic heterocycles. The first kappa shape index (κ1) is 15.4. The molecule has 1 aromatic heterocycles. The van der Waals surface area contributed by atoms with Gasteiger partial charge in [-0.1, -0.05) is 11.6 Å². The first-order chi connectivity index (χ1) is 9.90. The maximum absolute atomic E-state index is 11.9. The average molecular weight is 311 g/mol. The molecule has 0 aliphatic rings. The van der Waals surface area contributed by atoms with E-state index in [-0.39, 0.29) is 23.2 Å². The van der Waals surface area contributed by atoms with Gasteiger partial charge in [-0.15, -0.1) is 0 Å².